The SMILES string of the molecule is CCS(=O)(=O)[C@H]1[C@H](c2ccc3c(c2)OCO3)[C@@]1(CN)NC(=O)OC(C)(C)C. The summed E-state index contributed by atoms with van der Waals surface area (Å²) < 4.78 is 41.5. The summed E-state index contributed by atoms with van der Waals surface area (Å²) in [5.74, 6) is 0.619. The zero-order valence-corrected chi connectivity index (χ0v) is 16.8. The molecule has 2 aliphatic rings. The zero-order valence-electron chi connectivity index (χ0n) is 15.9. The van der Waals surface area contributed by atoms with Crippen molar-refractivity contribution in [1.82, 2.24) is 5.32 Å². The van der Waals surface area contributed by atoms with Gasteiger partial charge < -0.3 is 25.3 Å². The molecule has 0 radical (unpaired) electrons. The highest BCUT2D eigenvalue weighted by atomic mass is 32.2. The molecule has 3 N–H and O–H groups in total. The maximum absolute atomic E-state index is 12.7. The average molecular weight is 398 g/mol. The van der Waals surface area contributed by atoms with Gasteiger partial charge in [-0.2, -0.15) is 0 Å². The van der Waals surface area contributed by atoms with Crippen LogP contribution in [0.3, 0.4) is 0 Å². The molecule has 1 amide bonds. The maximum atomic E-state index is 12.7. The summed E-state index contributed by atoms with van der Waals surface area (Å²) in [6.07, 6.45) is -0.688. The molecule has 1 saturated carbocycles. The number of alkyl carbamates (subject to hydrolysis) is 1. The average Bonchev–Trinajstić information content (AvgIpc) is 3.00. The zero-order chi connectivity index (χ0) is 20.0. The van der Waals surface area contributed by atoms with Crippen LogP contribution in [0.2, 0.25) is 0 Å². The molecule has 0 bridgehead atoms. The molecule has 27 heavy (non-hydrogen) atoms. The van der Waals surface area contributed by atoms with Gasteiger partial charge in [0.25, 0.3) is 0 Å². The van der Waals surface area contributed by atoms with Crippen molar-refractivity contribution in [3.63, 3.8) is 0 Å². The van der Waals surface area contributed by atoms with Crippen LogP contribution in [0.15, 0.2) is 18.2 Å². The molecule has 8 nitrogen and oxygen atoms in total. The first-order chi connectivity index (χ1) is 12.5. The third kappa shape index (κ3) is 3.58. The van der Waals surface area contributed by atoms with E-state index in [1.54, 1.807) is 45.9 Å². The van der Waals surface area contributed by atoms with Crippen LogP contribution >= 0.6 is 0 Å². The normalized spacial score (nSPS) is 26.6. The lowest BCUT2D eigenvalue weighted by Gasteiger charge is -2.24. The molecule has 3 atom stereocenters. The highest BCUT2D eigenvalue weighted by Gasteiger charge is 2.71. The molecule has 3 rings (SSSR count). The van der Waals surface area contributed by atoms with E-state index in [2.05, 4.69) is 5.32 Å². The first-order valence-electron chi connectivity index (χ1n) is 8.86. The Morgan fingerprint density at radius 2 is 2.00 bits per heavy atom. The van der Waals surface area contributed by atoms with Crippen LogP contribution in [0, 0.1) is 0 Å². The van der Waals surface area contributed by atoms with Crippen molar-refractivity contribution in [2.45, 2.75) is 50.0 Å². The van der Waals surface area contributed by atoms with Gasteiger partial charge in [0.05, 0.1) is 10.8 Å². The fraction of sp³-hybridized carbons (Fsp3) is 0.611. The standard InChI is InChI=1S/C18H26N2O6S/c1-5-27(22,23)15-14(11-6-7-12-13(8-11)25-10-24-12)18(15,9-19)20-16(21)26-17(2,3)4/h6-8,14-15H,5,9-10,19H2,1-4H3,(H,20,21)/t14-,15-,18+/m0/s1. The molecular formula is C18H26N2O6S. The minimum absolute atomic E-state index is 0.0325. The summed E-state index contributed by atoms with van der Waals surface area (Å²) in [4.78, 5) is 12.4. The highest BCUT2D eigenvalue weighted by Crippen LogP contribution is 2.56. The van der Waals surface area contributed by atoms with Crippen molar-refractivity contribution in [1.29, 1.82) is 0 Å². The molecule has 1 aliphatic heterocycles. The third-order valence-corrected chi connectivity index (χ3v) is 7.14. The fourth-order valence-electron chi connectivity index (χ4n) is 3.63. The summed E-state index contributed by atoms with van der Waals surface area (Å²) in [5.41, 5.74) is 4.87. The van der Waals surface area contributed by atoms with Gasteiger partial charge >= 0.3 is 6.09 Å². The monoisotopic (exact) mass is 398 g/mol. The highest BCUT2D eigenvalue weighted by molar-refractivity contribution is 7.92. The van der Waals surface area contributed by atoms with Gasteiger partial charge in [-0.15, -0.1) is 0 Å². The summed E-state index contributed by atoms with van der Waals surface area (Å²) >= 11 is 0. The summed E-state index contributed by atoms with van der Waals surface area (Å²) in [5, 5.41) is 1.92. The molecule has 0 aromatic heterocycles. The van der Waals surface area contributed by atoms with E-state index in [9.17, 15) is 13.2 Å². The van der Waals surface area contributed by atoms with Crippen LogP contribution in [0.4, 0.5) is 4.79 Å². The number of sulfone groups is 1. The Balaban J connectivity index is 1.95. The number of nitrogens with one attached hydrogen (secondary N) is 1. The van der Waals surface area contributed by atoms with Crippen molar-refractivity contribution < 1.29 is 27.4 Å². The number of hydrogen-bond acceptors (Lipinski definition) is 7. The molecule has 0 unspecified atom stereocenters. The van der Waals surface area contributed by atoms with Crippen LogP contribution in [0.5, 0.6) is 11.5 Å². The molecule has 1 fully saturated rings. The minimum Gasteiger partial charge on any atom is -0.454 e. The maximum Gasteiger partial charge on any atom is 0.408 e. The second-order valence-corrected chi connectivity index (χ2v) is 10.2. The summed E-state index contributed by atoms with van der Waals surface area (Å²) in [6, 6.07) is 5.27. The van der Waals surface area contributed by atoms with Crippen LogP contribution in [0.1, 0.15) is 39.2 Å². The van der Waals surface area contributed by atoms with Crippen molar-refractivity contribution >= 4 is 15.9 Å². The van der Waals surface area contributed by atoms with E-state index < -0.39 is 38.2 Å². The summed E-state index contributed by atoms with van der Waals surface area (Å²) in [7, 11) is -3.47. The Hall–Kier alpha value is -2.00. The number of carbonyl (C=O) groups is 1. The van der Waals surface area contributed by atoms with Crippen molar-refractivity contribution in [2.75, 3.05) is 19.1 Å². The molecule has 1 aromatic carbocycles. The van der Waals surface area contributed by atoms with Crippen LogP contribution in [-0.4, -0.2) is 50.0 Å². The van der Waals surface area contributed by atoms with Gasteiger partial charge in [0, 0.05) is 18.2 Å². The van der Waals surface area contributed by atoms with E-state index in [1.165, 1.54) is 0 Å². The Morgan fingerprint density at radius 1 is 1.33 bits per heavy atom. The summed E-state index contributed by atoms with van der Waals surface area (Å²) in [6.45, 7) is 6.89. The Kier molecular flexibility index (Phi) is 4.80. The van der Waals surface area contributed by atoms with E-state index in [1.807, 2.05) is 0 Å². The lowest BCUT2D eigenvalue weighted by Crippen LogP contribution is -2.49. The molecule has 1 heterocycles. The third-order valence-electron chi connectivity index (χ3n) is 4.87. The molecular weight excluding hydrogens is 372 g/mol. The van der Waals surface area contributed by atoms with E-state index in [0.717, 1.165) is 5.56 Å². The van der Waals surface area contributed by atoms with E-state index in [0.29, 0.717) is 11.5 Å². The second-order valence-electron chi connectivity index (χ2n) is 7.83. The largest absolute Gasteiger partial charge is 0.454 e. The number of benzene rings is 1. The lowest BCUT2D eigenvalue weighted by atomic mass is 10.1. The molecule has 0 saturated heterocycles. The van der Waals surface area contributed by atoms with Crippen LogP contribution in [0.25, 0.3) is 0 Å². The fourth-order valence-corrected chi connectivity index (χ4v) is 5.67. The number of ether oxygens (including phenoxy) is 3. The number of hydrogen-bond donors (Lipinski definition) is 2. The number of fused-ring (bicyclic) bond motifs is 1. The van der Waals surface area contributed by atoms with E-state index in [4.69, 9.17) is 19.9 Å². The van der Waals surface area contributed by atoms with Gasteiger partial charge in [-0.3, -0.25) is 0 Å². The Bertz CT molecular complexity index is 848. The number of nitrogens with two attached hydrogens (primary N) is 1. The van der Waals surface area contributed by atoms with Gasteiger partial charge in [0.1, 0.15) is 5.60 Å². The van der Waals surface area contributed by atoms with Gasteiger partial charge in [0.2, 0.25) is 6.79 Å². The molecule has 1 aliphatic carbocycles. The van der Waals surface area contributed by atoms with Crippen LogP contribution in [-0.2, 0) is 14.6 Å². The van der Waals surface area contributed by atoms with E-state index >= 15 is 0 Å². The van der Waals surface area contributed by atoms with Crippen LogP contribution < -0.4 is 20.5 Å². The molecule has 0 spiro atoms. The molecule has 9 heteroatoms. The predicted molar refractivity (Wildman–Crippen MR) is 99.7 cm³/mol. The van der Waals surface area contributed by atoms with E-state index in [-0.39, 0.29) is 19.1 Å². The van der Waals surface area contributed by atoms with Crippen molar-refractivity contribution in [3.05, 3.63) is 23.8 Å². The Labute approximate surface area is 159 Å². The van der Waals surface area contributed by atoms with Gasteiger partial charge in [0.15, 0.2) is 21.3 Å². The lowest BCUT2D eigenvalue weighted by molar-refractivity contribution is 0.0497. The van der Waals surface area contributed by atoms with Gasteiger partial charge in [-0.05, 0) is 38.5 Å². The second kappa shape index (κ2) is 6.56. The topological polar surface area (TPSA) is 117 Å². The first-order valence-corrected chi connectivity index (χ1v) is 10.6. The van der Waals surface area contributed by atoms with Gasteiger partial charge in [-0.1, -0.05) is 13.0 Å². The Morgan fingerprint density at radius 3 is 2.59 bits per heavy atom. The molecule has 1 aromatic rings. The number of carbonyl (C=O) groups excluding carboxylic acids is 1. The minimum atomic E-state index is -3.47. The van der Waals surface area contributed by atoms with Gasteiger partial charge in [-0.25, -0.2) is 13.2 Å². The van der Waals surface area contributed by atoms with Crippen molar-refractivity contribution in [2.24, 2.45) is 5.73 Å². The predicted octanol–water partition coefficient (Wildman–Crippen LogP) is 1.54. The number of amides is 1. The smallest absolute Gasteiger partial charge is 0.408 e. The quantitative estimate of drug-likeness (QED) is 0.772. The first kappa shape index (κ1) is 19.8. The van der Waals surface area contributed by atoms with Crippen molar-refractivity contribution in [3.8, 4) is 11.5 Å². The number of rotatable bonds is 5. The molecule has 150 valence electrons.